The molecule has 6 aliphatic heterocycles. The van der Waals surface area contributed by atoms with E-state index in [-0.39, 0.29) is 28.1 Å². The van der Waals surface area contributed by atoms with Gasteiger partial charge in [0.25, 0.3) is 0 Å². The highest BCUT2D eigenvalue weighted by atomic mass is 31.1. The highest BCUT2D eigenvalue weighted by Crippen LogP contribution is 2.77. The molecule has 5 saturated carbocycles. The van der Waals surface area contributed by atoms with Crippen molar-refractivity contribution in [2.24, 2.45) is 0 Å². The molecule has 0 aromatic heterocycles. The van der Waals surface area contributed by atoms with Crippen molar-refractivity contribution in [1.82, 2.24) is 0 Å². The summed E-state index contributed by atoms with van der Waals surface area (Å²) in [4.78, 5) is 6.14. The van der Waals surface area contributed by atoms with Crippen LogP contribution in [0.1, 0.15) is 77.0 Å². The Morgan fingerprint density at radius 1 is 0.400 bits per heavy atom. The SMILES string of the molecule is c1ccc(N2C3CCCC4OC5CCCC6OC7C8OC9CCCC%10OC%11CCCC%12C%11P(C%109)C8C(C2C7P(C56)C43)N%12c2ccccc2)cc1. The Kier molecular flexibility index (Phi) is 6.71. The third kappa shape index (κ3) is 3.88. The van der Waals surface area contributed by atoms with Crippen molar-refractivity contribution in [2.45, 2.75) is 184 Å². The molecular weight excluding hydrogens is 658 g/mol. The van der Waals surface area contributed by atoms with Gasteiger partial charge in [-0.05, 0) is 101 Å². The van der Waals surface area contributed by atoms with E-state index in [9.17, 15) is 0 Å². The van der Waals surface area contributed by atoms with Gasteiger partial charge in [0.05, 0.1) is 60.9 Å². The fourth-order valence-electron chi connectivity index (χ4n) is 14.7. The monoisotopic (exact) mass is 710 g/mol. The normalized spacial score (nSPS) is 54.6. The van der Waals surface area contributed by atoms with Crippen molar-refractivity contribution in [3.05, 3.63) is 60.7 Å². The minimum absolute atomic E-state index is 0.211. The fourth-order valence-corrected chi connectivity index (χ4v) is 24.6. The van der Waals surface area contributed by atoms with E-state index in [1.807, 2.05) is 0 Å². The summed E-state index contributed by atoms with van der Waals surface area (Å²) in [5.41, 5.74) is 6.45. The number of anilines is 2. The lowest BCUT2D eigenvalue weighted by atomic mass is 9.75. The number of rotatable bonds is 2. The molecule has 0 spiro atoms. The molecule has 20 atom stereocenters. The molecule has 50 heavy (non-hydrogen) atoms. The number of benzene rings is 2. The zero-order chi connectivity index (χ0) is 32.2. The van der Waals surface area contributed by atoms with E-state index in [2.05, 4.69) is 70.5 Å². The summed E-state index contributed by atoms with van der Waals surface area (Å²) in [5.74, 6) is 0. The van der Waals surface area contributed by atoms with Crippen molar-refractivity contribution >= 4 is 27.2 Å². The summed E-state index contributed by atoms with van der Waals surface area (Å²) in [5, 5.41) is 0. The van der Waals surface area contributed by atoms with Crippen LogP contribution in [0.2, 0.25) is 0 Å². The van der Waals surface area contributed by atoms with E-state index in [4.69, 9.17) is 18.9 Å². The van der Waals surface area contributed by atoms with Crippen LogP contribution in [-0.4, -0.2) is 107 Å². The van der Waals surface area contributed by atoms with Gasteiger partial charge >= 0.3 is 0 Å². The summed E-state index contributed by atoms with van der Waals surface area (Å²) in [6.07, 6.45) is 17.9. The van der Waals surface area contributed by atoms with Gasteiger partial charge in [0.2, 0.25) is 0 Å². The van der Waals surface area contributed by atoms with E-state index in [1.54, 1.807) is 0 Å². The van der Waals surface area contributed by atoms with Crippen LogP contribution in [0.3, 0.4) is 0 Å². The molecule has 264 valence electrons. The summed E-state index contributed by atoms with van der Waals surface area (Å²) < 4.78 is 30.1. The van der Waals surface area contributed by atoms with Crippen LogP contribution in [0, 0.1) is 0 Å². The second kappa shape index (κ2) is 11.1. The summed E-state index contributed by atoms with van der Waals surface area (Å²) in [7, 11) is -0.596. The molecule has 2 aromatic carbocycles. The molecule has 20 unspecified atom stereocenters. The third-order valence-electron chi connectivity index (χ3n) is 15.9. The van der Waals surface area contributed by atoms with Crippen LogP contribution in [0.4, 0.5) is 11.4 Å². The van der Waals surface area contributed by atoms with Crippen LogP contribution >= 0.6 is 15.8 Å². The quantitative estimate of drug-likeness (QED) is 0.301. The predicted octanol–water partition coefficient (Wildman–Crippen LogP) is 7.50. The highest BCUT2D eigenvalue weighted by molar-refractivity contribution is 7.61. The maximum absolute atomic E-state index is 7.76. The first-order chi connectivity index (χ1) is 24.8. The molecule has 2 aromatic rings. The Balaban J connectivity index is 1.07. The van der Waals surface area contributed by atoms with E-state index >= 15 is 0 Å². The summed E-state index contributed by atoms with van der Waals surface area (Å²) >= 11 is 0. The molecule has 0 bridgehead atoms. The average molecular weight is 711 g/mol. The average Bonchev–Trinajstić information content (AvgIpc) is 3.17. The van der Waals surface area contributed by atoms with Gasteiger partial charge in [-0.3, -0.25) is 0 Å². The van der Waals surface area contributed by atoms with Crippen LogP contribution in [0.25, 0.3) is 0 Å². The topological polar surface area (TPSA) is 43.4 Å². The van der Waals surface area contributed by atoms with Gasteiger partial charge in [-0.1, -0.05) is 52.2 Å². The Morgan fingerprint density at radius 3 is 1.18 bits per heavy atom. The van der Waals surface area contributed by atoms with Gasteiger partial charge in [-0.15, -0.1) is 0 Å². The van der Waals surface area contributed by atoms with Gasteiger partial charge in [0.1, 0.15) is 0 Å². The number of nitrogens with zero attached hydrogens (tertiary/aromatic N) is 2. The van der Waals surface area contributed by atoms with Crippen molar-refractivity contribution in [1.29, 1.82) is 0 Å². The lowest BCUT2D eigenvalue weighted by molar-refractivity contribution is -0.194. The maximum Gasteiger partial charge on any atom is 0.0935 e. The number of fused-ring (bicyclic) bond motifs is 2. The molecule has 0 N–H and O–H groups in total. The summed E-state index contributed by atoms with van der Waals surface area (Å²) in [6, 6.07) is 25.5. The largest absolute Gasteiger partial charge is 0.373 e. The Morgan fingerprint density at radius 2 is 0.760 bits per heavy atom. The molecule has 0 amide bonds. The van der Waals surface area contributed by atoms with Crippen LogP contribution < -0.4 is 9.80 Å². The first-order valence-corrected chi connectivity index (χ1v) is 23.8. The van der Waals surface area contributed by atoms with E-state index < -0.39 is 0 Å². The fraction of sp³-hybridized carbons (Fsp3) is 0.714. The van der Waals surface area contributed by atoms with Gasteiger partial charge in [-0.25, -0.2) is 0 Å². The second-order valence-corrected chi connectivity index (χ2v) is 23.2. The minimum atomic E-state index is -0.298. The second-order valence-electron chi connectivity index (χ2n) is 17.9. The van der Waals surface area contributed by atoms with Crippen LogP contribution in [0.5, 0.6) is 0 Å². The standard InChI is InChI=1S/C42H52N2O4P2/c1-3-11-23(12-4-1)43-25-15-7-17-27-37(25)49-39-29(45-27)19-9-21-31(39)47-35-36-42-34(33(43)41(35)49)44(24-13-5-2-6-14-24)26-16-8-18-28-38(26)50(42)40-30(46-28)20-10-22-32(40)48-36/h1-6,11-14,25-42H,7-10,15-22H2. The lowest BCUT2D eigenvalue weighted by Gasteiger charge is -2.77. The number of ether oxygens (including phenoxy) is 4. The third-order valence-corrected chi connectivity index (χ3v) is 24.0. The van der Waals surface area contributed by atoms with Crippen LogP contribution in [0.15, 0.2) is 60.7 Å². The highest BCUT2D eigenvalue weighted by Gasteiger charge is 2.75. The number of hydrogen-bond donors (Lipinski definition) is 0. The first kappa shape index (κ1) is 30.1. The van der Waals surface area contributed by atoms with Crippen molar-refractivity contribution in [3.63, 3.8) is 0 Å². The molecule has 5 aliphatic carbocycles. The molecule has 6 heterocycles. The van der Waals surface area contributed by atoms with Gasteiger partial charge in [0.15, 0.2) is 0 Å². The molecule has 11 fully saturated rings. The van der Waals surface area contributed by atoms with E-state index in [1.165, 1.54) is 88.4 Å². The molecule has 8 heteroatoms. The van der Waals surface area contributed by atoms with Crippen molar-refractivity contribution in [2.75, 3.05) is 9.80 Å². The number of para-hydroxylation sites is 2. The lowest BCUT2D eigenvalue weighted by Crippen LogP contribution is -2.85. The van der Waals surface area contributed by atoms with Crippen molar-refractivity contribution in [3.8, 4) is 0 Å². The molecule has 6 saturated heterocycles. The molecule has 0 radical (unpaired) electrons. The Bertz CT molecular complexity index is 1520. The predicted molar refractivity (Wildman–Crippen MR) is 200 cm³/mol. The summed E-state index contributed by atoms with van der Waals surface area (Å²) in [6.45, 7) is 0. The zero-order valence-corrected chi connectivity index (χ0v) is 30.9. The van der Waals surface area contributed by atoms with E-state index in [0.717, 1.165) is 0 Å². The zero-order valence-electron chi connectivity index (χ0n) is 29.1. The smallest absolute Gasteiger partial charge is 0.0935 e. The molecular formula is C42H52N2O4P2. The van der Waals surface area contributed by atoms with Gasteiger partial charge in [0, 0.05) is 57.4 Å². The van der Waals surface area contributed by atoms with Crippen LogP contribution in [-0.2, 0) is 18.9 Å². The van der Waals surface area contributed by atoms with E-state index in [0.29, 0.717) is 94.7 Å². The van der Waals surface area contributed by atoms with Gasteiger partial charge < -0.3 is 28.7 Å². The Labute approximate surface area is 299 Å². The molecule has 6 nitrogen and oxygen atoms in total. The van der Waals surface area contributed by atoms with Crippen molar-refractivity contribution < 1.29 is 18.9 Å². The minimum Gasteiger partial charge on any atom is -0.373 e. The Hall–Kier alpha value is -1.26. The molecule has 13 rings (SSSR count). The maximum atomic E-state index is 7.76. The molecule has 11 aliphatic rings. The number of hydrogen-bond acceptors (Lipinski definition) is 6. The van der Waals surface area contributed by atoms with Gasteiger partial charge in [-0.2, -0.15) is 0 Å². The first-order valence-electron chi connectivity index (χ1n) is 20.7.